The molecular formula is C20H17N3O4. The van der Waals surface area contributed by atoms with Crippen LogP contribution < -0.4 is 10.1 Å². The van der Waals surface area contributed by atoms with Gasteiger partial charge in [0.2, 0.25) is 0 Å². The van der Waals surface area contributed by atoms with Gasteiger partial charge >= 0.3 is 0 Å². The first kappa shape index (κ1) is 18.2. The molecule has 0 bridgehead atoms. The minimum absolute atomic E-state index is 0.0574. The van der Waals surface area contributed by atoms with Crippen molar-refractivity contribution in [3.8, 4) is 11.8 Å². The van der Waals surface area contributed by atoms with Gasteiger partial charge in [0.05, 0.1) is 18.7 Å². The van der Waals surface area contributed by atoms with Crippen molar-refractivity contribution in [1.29, 1.82) is 5.26 Å². The van der Waals surface area contributed by atoms with Crippen LogP contribution in [0.2, 0.25) is 0 Å². The molecule has 1 heterocycles. The molecule has 0 aromatic heterocycles. The Labute approximate surface area is 156 Å². The van der Waals surface area contributed by atoms with E-state index in [1.54, 1.807) is 18.2 Å². The first-order valence-electron chi connectivity index (χ1n) is 8.28. The van der Waals surface area contributed by atoms with E-state index < -0.39 is 11.8 Å². The van der Waals surface area contributed by atoms with E-state index >= 15 is 0 Å². The van der Waals surface area contributed by atoms with Gasteiger partial charge in [-0.15, -0.1) is 0 Å². The second kappa shape index (κ2) is 8.17. The predicted molar refractivity (Wildman–Crippen MR) is 97.4 cm³/mol. The van der Waals surface area contributed by atoms with E-state index in [-0.39, 0.29) is 18.8 Å². The summed E-state index contributed by atoms with van der Waals surface area (Å²) in [6.45, 7) is -0.0611. The fourth-order valence-electron chi connectivity index (χ4n) is 2.61. The topological polar surface area (TPSA) is 103 Å². The zero-order valence-corrected chi connectivity index (χ0v) is 14.4. The Hall–Kier alpha value is -3.63. The Morgan fingerprint density at radius 3 is 2.63 bits per heavy atom. The highest BCUT2D eigenvalue weighted by atomic mass is 16.5. The van der Waals surface area contributed by atoms with E-state index in [1.165, 1.54) is 6.08 Å². The maximum atomic E-state index is 12.2. The van der Waals surface area contributed by atoms with Crippen LogP contribution in [0.25, 0.3) is 0 Å². The zero-order chi connectivity index (χ0) is 19.2. The number of rotatable bonds is 7. The number of carbonyl (C=O) groups excluding carboxylic acids is 2. The third-order valence-electron chi connectivity index (χ3n) is 3.95. The van der Waals surface area contributed by atoms with Crippen molar-refractivity contribution >= 4 is 17.5 Å². The van der Waals surface area contributed by atoms with Crippen molar-refractivity contribution in [3.05, 3.63) is 71.4 Å². The molecule has 0 saturated carbocycles. The molecule has 0 radical (unpaired) electrons. The van der Waals surface area contributed by atoms with E-state index in [9.17, 15) is 14.9 Å². The van der Waals surface area contributed by atoms with Crippen LogP contribution in [-0.4, -0.2) is 35.0 Å². The number of ether oxygens (including phenoxy) is 1. The van der Waals surface area contributed by atoms with Gasteiger partial charge in [-0.2, -0.15) is 5.26 Å². The molecule has 0 unspecified atom stereocenters. The van der Waals surface area contributed by atoms with Crippen LogP contribution in [0.5, 0.6) is 5.75 Å². The molecule has 0 fully saturated rings. The Morgan fingerprint density at radius 1 is 1.15 bits per heavy atom. The Morgan fingerprint density at radius 2 is 1.93 bits per heavy atom. The molecule has 0 aliphatic carbocycles. The van der Waals surface area contributed by atoms with Crippen LogP contribution in [-0.2, 0) is 16.2 Å². The van der Waals surface area contributed by atoms with Gasteiger partial charge in [-0.25, -0.2) is 0 Å². The number of benzene rings is 2. The molecule has 1 aliphatic rings. The number of nitrogens with zero attached hydrogens (tertiary/aromatic N) is 2. The van der Waals surface area contributed by atoms with Crippen LogP contribution in [0.3, 0.4) is 0 Å². The zero-order valence-electron chi connectivity index (χ0n) is 14.4. The number of aliphatic hydroxyl groups excluding tert-OH is 1. The lowest BCUT2D eigenvalue weighted by Crippen LogP contribution is -2.34. The van der Waals surface area contributed by atoms with Crippen LogP contribution in [0, 0.1) is 11.3 Å². The number of hydrogen-bond donors (Lipinski definition) is 2. The molecule has 2 N–H and O–H groups in total. The smallest absolute Gasteiger partial charge is 0.277 e. The largest absolute Gasteiger partial charge is 0.487 e. The average Bonchev–Trinajstić information content (AvgIpc) is 2.95. The van der Waals surface area contributed by atoms with Crippen molar-refractivity contribution in [1.82, 2.24) is 4.90 Å². The number of anilines is 1. The fraction of sp³-hybridized carbons (Fsp3) is 0.150. The highest BCUT2D eigenvalue weighted by molar-refractivity contribution is 6.17. The van der Waals surface area contributed by atoms with Gasteiger partial charge in [-0.1, -0.05) is 30.3 Å². The number of hydrogen-bond acceptors (Lipinski definition) is 6. The molecule has 7 heteroatoms. The maximum Gasteiger partial charge on any atom is 0.277 e. The molecule has 27 heavy (non-hydrogen) atoms. The maximum absolute atomic E-state index is 12.2. The highest BCUT2D eigenvalue weighted by Crippen LogP contribution is 2.26. The van der Waals surface area contributed by atoms with E-state index in [2.05, 4.69) is 11.4 Å². The first-order valence-corrected chi connectivity index (χ1v) is 8.28. The van der Waals surface area contributed by atoms with Gasteiger partial charge in [0, 0.05) is 17.8 Å². The molecule has 7 nitrogen and oxygen atoms in total. The number of carbonyl (C=O) groups is 2. The summed E-state index contributed by atoms with van der Waals surface area (Å²) >= 11 is 0. The third kappa shape index (κ3) is 4.14. The molecule has 3 rings (SSSR count). The van der Waals surface area contributed by atoms with Crippen molar-refractivity contribution < 1.29 is 19.4 Å². The van der Waals surface area contributed by atoms with Crippen LogP contribution >= 0.6 is 0 Å². The molecule has 2 aromatic rings. The molecule has 0 atom stereocenters. The molecule has 0 spiro atoms. The Kier molecular flexibility index (Phi) is 5.50. The number of aliphatic hydroxyl groups is 1. The molecule has 1 aliphatic heterocycles. The summed E-state index contributed by atoms with van der Waals surface area (Å²) in [5.41, 5.74) is 1.93. The standard InChI is InChI=1S/C20H17N3O4/c21-12-15-6-7-16(10-18(15)27-13-14-4-2-1-3-5-14)22-17-11-19(25)23(8-9-24)20(17)26/h1-7,10-11,22,24H,8-9,13H2. The number of nitriles is 1. The SMILES string of the molecule is N#Cc1ccc(NC2=CC(=O)N(CCO)C2=O)cc1OCc1ccccc1. The van der Waals surface area contributed by atoms with Crippen LogP contribution in [0.1, 0.15) is 11.1 Å². The Balaban J connectivity index is 1.75. The summed E-state index contributed by atoms with van der Waals surface area (Å²) in [7, 11) is 0. The van der Waals surface area contributed by atoms with Gasteiger partial charge in [-0.05, 0) is 17.7 Å². The second-order valence-electron chi connectivity index (χ2n) is 5.80. The summed E-state index contributed by atoms with van der Waals surface area (Å²) in [5, 5.41) is 21.1. The summed E-state index contributed by atoms with van der Waals surface area (Å²) in [6.07, 6.45) is 1.18. The van der Waals surface area contributed by atoms with E-state index in [0.717, 1.165) is 10.5 Å². The summed E-state index contributed by atoms with van der Waals surface area (Å²) in [4.78, 5) is 25.0. The first-order chi connectivity index (χ1) is 13.1. The van der Waals surface area contributed by atoms with E-state index in [1.807, 2.05) is 30.3 Å². The van der Waals surface area contributed by atoms with Gasteiger partial charge in [0.25, 0.3) is 11.8 Å². The average molecular weight is 363 g/mol. The van der Waals surface area contributed by atoms with Crippen molar-refractivity contribution in [2.75, 3.05) is 18.5 Å². The molecule has 0 saturated heterocycles. The number of amides is 2. The van der Waals surface area contributed by atoms with Gasteiger partial charge < -0.3 is 15.2 Å². The summed E-state index contributed by atoms with van der Waals surface area (Å²) in [5.74, 6) is -0.619. The predicted octanol–water partition coefficient (Wildman–Crippen LogP) is 1.79. The van der Waals surface area contributed by atoms with Crippen LogP contribution in [0.4, 0.5) is 5.69 Å². The summed E-state index contributed by atoms with van der Waals surface area (Å²) < 4.78 is 5.75. The summed E-state index contributed by atoms with van der Waals surface area (Å²) in [6, 6.07) is 16.4. The quantitative estimate of drug-likeness (QED) is 0.727. The number of imide groups is 1. The second-order valence-corrected chi connectivity index (χ2v) is 5.80. The normalized spacial score (nSPS) is 13.3. The number of β-amino-alcohol motifs (C(OH)–C–C–N with tert-alkyl or cyclic N) is 1. The number of nitrogens with one attached hydrogen (secondary N) is 1. The lowest BCUT2D eigenvalue weighted by molar-refractivity contribution is -0.137. The van der Waals surface area contributed by atoms with Gasteiger partial charge in [-0.3, -0.25) is 14.5 Å². The minimum Gasteiger partial charge on any atom is -0.487 e. The van der Waals surface area contributed by atoms with Crippen molar-refractivity contribution in [2.24, 2.45) is 0 Å². The van der Waals surface area contributed by atoms with Crippen molar-refractivity contribution in [3.63, 3.8) is 0 Å². The highest BCUT2D eigenvalue weighted by Gasteiger charge is 2.30. The molecule has 2 aromatic carbocycles. The Bertz CT molecular complexity index is 932. The van der Waals surface area contributed by atoms with E-state index in [0.29, 0.717) is 23.6 Å². The molecular weight excluding hydrogens is 346 g/mol. The third-order valence-corrected chi connectivity index (χ3v) is 3.95. The fourth-order valence-corrected chi connectivity index (χ4v) is 2.61. The van der Waals surface area contributed by atoms with Gasteiger partial charge in [0.1, 0.15) is 24.1 Å². The molecule has 136 valence electrons. The van der Waals surface area contributed by atoms with Crippen LogP contribution in [0.15, 0.2) is 60.3 Å². The van der Waals surface area contributed by atoms with Gasteiger partial charge in [0.15, 0.2) is 0 Å². The van der Waals surface area contributed by atoms with E-state index in [4.69, 9.17) is 9.84 Å². The minimum atomic E-state index is -0.509. The van der Waals surface area contributed by atoms with Crippen molar-refractivity contribution in [2.45, 2.75) is 6.61 Å². The molecule has 2 amide bonds. The lowest BCUT2D eigenvalue weighted by Gasteiger charge is -2.14. The lowest BCUT2D eigenvalue weighted by atomic mass is 10.2. The monoisotopic (exact) mass is 363 g/mol.